The number of hydrogen-bond donors (Lipinski definition) is 2. The molecule has 41 heavy (non-hydrogen) atoms. The third-order valence-corrected chi connectivity index (χ3v) is 7.66. The van der Waals surface area contributed by atoms with Crippen molar-refractivity contribution in [1.29, 1.82) is 0 Å². The molecule has 0 aromatic rings. The molecule has 0 radical (unpaired) electrons. The Hall–Kier alpha value is -1.62. The van der Waals surface area contributed by atoms with Gasteiger partial charge in [-0.05, 0) is 64.2 Å². The zero-order valence-electron chi connectivity index (χ0n) is 27.3. The molecule has 0 unspecified atom stereocenters. The number of unbranched alkanes of at least 4 members (excludes halogenated alkanes) is 22. The van der Waals surface area contributed by atoms with Crippen LogP contribution in [0.15, 0.2) is 24.3 Å². The summed E-state index contributed by atoms with van der Waals surface area (Å²) in [5.41, 5.74) is 4.66. The summed E-state index contributed by atoms with van der Waals surface area (Å²) < 4.78 is 0. The van der Waals surface area contributed by atoms with Gasteiger partial charge in [0.25, 0.3) is 0 Å². The highest BCUT2D eigenvalue weighted by Gasteiger charge is 2.04. The van der Waals surface area contributed by atoms with Gasteiger partial charge in [-0.15, -0.1) is 0 Å². The van der Waals surface area contributed by atoms with Gasteiger partial charge in [-0.1, -0.05) is 141 Å². The second-order valence-corrected chi connectivity index (χ2v) is 11.8. The molecule has 0 rings (SSSR count). The number of amides is 2. The van der Waals surface area contributed by atoms with Gasteiger partial charge in [-0.2, -0.15) is 4.94 Å². The lowest BCUT2D eigenvalue weighted by Gasteiger charge is -2.07. The van der Waals surface area contributed by atoms with Crippen LogP contribution in [0.5, 0.6) is 0 Å². The number of carbonyl (C=O) groups is 2. The Kier molecular flexibility index (Phi) is 33.2. The summed E-state index contributed by atoms with van der Waals surface area (Å²) >= 11 is 0. The Balaban J connectivity index is 3.35. The fraction of sp³-hybridized carbons (Fsp3) is 0.833. The fourth-order valence-electron chi connectivity index (χ4n) is 4.95. The standard InChI is InChI=1S/C36H68N2O3/c1-3-5-7-9-11-13-15-17-19-21-23-25-27-29-31-33-35(39)37-41-38-36(40)34-32-30-28-26-24-22-20-18-16-14-12-10-8-6-4-2/h17-20H,3-16,21-34H2,1-2H3,(H,37,39)(H,38,40)/b19-17-,20-18?. The molecule has 0 atom stereocenters. The molecule has 0 bridgehead atoms. The van der Waals surface area contributed by atoms with Gasteiger partial charge in [0.05, 0.1) is 0 Å². The Labute approximate surface area is 255 Å². The predicted octanol–water partition coefficient (Wildman–Crippen LogP) is 11.1. The van der Waals surface area contributed by atoms with Crippen LogP contribution in [0.3, 0.4) is 0 Å². The molecule has 240 valence electrons. The number of hydroxylamine groups is 2. The molecule has 0 aromatic heterocycles. The smallest absolute Gasteiger partial charge is 0.245 e. The molecule has 5 heteroatoms. The van der Waals surface area contributed by atoms with Gasteiger partial charge in [0.2, 0.25) is 11.8 Å². The maximum Gasteiger partial charge on any atom is 0.245 e. The van der Waals surface area contributed by atoms with E-state index in [4.69, 9.17) is 4.94 Å². The van der Waals surface area contributed by atoms with Gasteiger partial charge < -0.3 is 0 Å². The van der Waals surface area contributed by atoms with Crippen LogP contribution in [-0.2, 0) is 14.5 Å². The third kappa shape index (κ3) is 34.5. The van der Waals surface area contributed by atoms with E-state index in [1.807, 2.05) is 0 Å². The van der Waals surface area contributed by atoms with E-state index in [1.165, 1.54) is 128 Å². The summed E-state index contributed by atoms with van der Waals surface area (Å²) in [5.74, 6) is -0.354. The van der Waals surface area contributed by atoms with E-state index >= 15 is 0 Å². The monoisotopic (exact) mass is 577 g/mol. The van der Waals surface area contributed by atoms with Crippen molar-refractivity contribution in [2.45, 2.75) is 194 Å². The van der Waals surface area contributed by atoms with E-state index in [9.17, 15) is 9.59 Å². The van der Waals surface area contributed by atoms with Crippen molar-refractivity contribution in [1.82, 2.24) is 11.0 Å². The van der Waals surface area contributed by atoms with Gasteiger partial charge in [-0.25, -0.2) is 11.0 Å². The van der Waals surface area contributed by atoms with Crippen molar-refractivity contribution >= 4 is 11.8 Å². The van der Waals surface area contributed by atoms with Gasteiger partial charge in [0, 0.05) is 12.8 Å². The van der Waals surface area contributed by atoms with Crippen LogP contribution in [0, 0.1) is 0 Å². The van der Waals surface area contributed by atoms with Crippen molar-refractivity contribution < 1.29 is 14.5 Å². The molecule has 0 aromatic carbocycles. The van der Waals surface area contributed by atoms with Crippen LogP contribution in [-0.4, -0.2) is 11.8 Å². The predicted molar refractivity (Wildman–Crippen MR) is 176 cm³/mol. The highest BCUT2D eigenvalue weighted by Crippen LogP contribution is 2.11. The normalized spacial score (nSPS) is 11.6. The molecule has 0 saturated heterocycles. The Bertz CT molecular complexity index is 566. The van der Waals surface area contributed by atoms with Crippen LogP contribution < -0.4 is 11.0 Å². The molecule has 0 aliphatic heterocycles. The molecular formula is C36H68N2O3. The lowest BCUT2D eigenvalue weighted by molar-refractivity contribution is -0.151. The Morgan fingerprint density at radius 3 is 1.00 bits per heavy atom. The minimum atomic E-state index is -0.177. The van der Waals surface area contributed by atoms with Crippen molar-refractivity contribution in [3.05, 3.63) is 24.3 Å². The largest absolute Gasteiger partial charge is 0.273 e. The highest BCUT2D eigenvalue weighted by atomic mass is 16.8. The molecule has 0 heterocycles. The van der Waals surface area contributed by atoms with Crippen molar-refractivity contribution in [2.24, 2.45) is 0 Å². The van der Waals surface area contributed by atoms with Crippen LogP contribution in [0.4, 0.5) is 0 Å². The van der Waals surface area contributed by atoms with Gasteiger partial charge in [0.1, 0.15) is 0 Å². The van der Waals surface area contributed by atoms with E-state index in [1.54, 1.807) is 0 Å². The maximum atomic E-state index is 11.9. The summed E-state index contributed by atoms with van der Waals surface area (Å²) in [7, 11) is 0. The molecule has 5 nitrogen and oxygen atoms in total. The van der Waals surface area contributed by atoms with E-state index in [-0.39, 0.29) is 11.8 Å². The SMILES string of the molecule is CCCCCCCCC=CCCCCCCCC(=O)NONC(=O)CCCCCCC/C=C\CCCCCCCC. The molecule has 0 aliphatic carbocycles. The number of carbonyl (C=O) groups excluding carboxylic acids is 2. The van der Waals surface area contributed by atoms with Crippen LogP contribution in [0.2, 0.25) is 0 Å². The second kappa shape index (κ2) is 34.6. The van der Waals surface area contributed by atoms with E-state index in [0.29, 0.717) is 12.8 Å². The van der Waals surface area contributed by atoms with Crippen molar-refractivity contribution in [3.63, 3.8) is 0 Å². The van der Waals surface area contributed by atoms with Crippen LogP contribution in [0.1, 0.15) is 194 Å². The van der Waals surface area contributed by atoms with Crippen LogP contribution in [0.25, 0.3) is 0 Å². The quantitative estimate of drug-likeness (QED) is 0.0475. The molecule has 0 aliphatic rings. The minimum Gasteiger partial charge on any atom is -0.273 e. The van der Waals surface area contributed by atoms with E-state index in [2.05, 4.69) is 49.1 Å². The fourth-order valence-corrected chi connectivity index (χ4v) is 4.95. The maximum absolute atomic E-state index is 11.9. The molecule has 2 amide bonds. The highest BCUT2D eigenvalue weighted by molar-refractivity contribution is 5.76. The number of nitrogens with one attached hydrogen (secondary N) is 2. The Morgan fingerprint density at radius 1 is 0.415 bits per heavy atom. The Morgan fingerprint density at radius 2 is 0.683 bits per heavy atom. The molecular weight excluding hydrogens is 508 g/mol. The van der Waals surface area contributed by atoms with E-state index in [0.717, 1.165) is 38.5 Å². The molecule has 0 saturated carbocycles. The van der Waals surface area contributed by atoms with Crippen molar-refractivity contribution in [3.8, 4) is 0 Å². The first-order valence-electron chi connectivity index (χ1n) is 17.7. The van der Waals surface area contributed by atoms with Crippen molar-refractivity contribution in [2.75, 3.05) is 0 Å². The minimum absolute atomic E-state index is 0.177. The molecule has 0 fully saturated rings. The average molecular weight is 577 g/mol. The summed E-state index contributed by atoms with van der Waals surface area (Å²) in [5, 5.41) is 0. The average Bonchev–Trinajstić information content (AvgIpc) is 2.97. The van der Waals surface area contributed by atoms with Gasteiger partial charge in [-0.3, -0.25) is 9.59 Å². The number of hydrogen-bond acceptors (Lipinski definition) is 3. The summed E-state index contributed by atoms with van der Waals surface area (Å²) in [4.78, 5) is 28.6. The van der Waals surface area contributed by atoms with Gasteiger partial charge in [0.15, 0.2) is 0 Å². The first-order chi connectivity index (χ1) is 20.2. The zero-order valence-corrected chi connectivity index (χ0v) is 27.3. The molecule has 2 N–H and O–H groups in total. The lowest BCUT2D eigenvalue weighted by atomic mass is 10.1. The lowest BCUT2D eigenvalue weighted by Crippen LogP contribution is -2.34. The second-order valence-electron chi connectivity index (χ2n) is 11.8. The van der Waals surface area contributed by atoms with E-state index < -0.39 is 0 Å². The summed E-state index contributed by atoms with van der Waals surface area (Å²) in [6, 6.07) is 0. The summed E-state index contributed by atoms with van der Waals surface area (Å²) in [6.45, 7) is 4.53. The first-order valence-corrected chi connectivity index (χ1v) is 17.7. The first kappa shape index (κ1) is 39.4. The topological polar surface area (TPSA) is 67.4 Å². The third-order valence-electron chi connectivity index (χ3n) is 7.66. The summed E-state index contributed by atoms with van der Waals surface area (Å²) in [6.07, 6.45) is 42.4. The number of rotatable bonds is 32. The number of allylic oxidation sites excluding steroid dienone is 4. The molecule has 0 spiro atoms. The van der Waals surface area contributed by atoms with Crippen LogP contribution >= 0.6 is 0 Å². The van der Waals surface area contributed by atoms with Gasteiger partial charge >= 0.3 is 0 Å². The zero-order chi connectivity index (χ0) is 29.9.